The van der Waals surface area contributed by atoms with Gasteiger partial charge in [0.25, 0.3) is 0 Å². The number of carboxylic acid groups (broad SMARTS) is 2. The molecule has 0 unspecified atom stereocenters. The van der Waals surface area contributed by atoms with E-state index in [1.807, 2.05) is 0 Å². The molecule has 6 fully saturated rings. The quantitative estimate of drug-likeness (QED) is 0.0271. The Hall–Kier alpha value is -9.13. The van der Waals surface area contributed by atoms with Gasteiger partial charge in [0.1, 0.15) is 60.4 Å². The van der Waals surface area contributed by atoms with Gasteiger partial charge in [0, 0.05) is 45.7 Å². The predicted octanol–water partition coefficient (Wildman–Crippen LogP) is -8.76. The van der Waals surface area contributed by atoms with E-state index >= 15 is 0 Å². The van der Waals surface area contributed by atoms with Crippen LogP contribution < -0.4 is 59.7 Å². The van der Waals surface area contributed by atoms with Crippen LogP contribution in [-0.2, 0) is 81.5 Å². The van der Waals surface area contributed by atoms with Crippen LogP contribution in [0.4, 0.5) is 0 Å². The van der Waals surface area contributed by atoms with Crippen molar-refractivity contribution in [1.29, 1.82) is 0 Å². The zero-order valence-electron chi connectivity index (χ0n) is 52.9. The van der Waals surface area contributed by atoms with Crippen molar-refractivity contribution in [1.82, 2.24) is 71.9 Å². The van der Waals surface area contributed by atoms with Gasteiger partial charge in [-0.25, -0.2) is 4.79 Å². The number of unbranched alkanes of at least 4 members (excludes halogenated alkanes) is 1. The first-order valence-electron chi connectivity index (χ1n) is 32.1. The average molecular weight is 1340 g/mol. The number of carboxylic acids is 2. The number of hydrogen-bond acceptors (Lipinski definition) is 20. The number of aliphatic hydroxyl groups is 1. The van der Waals surface area contributed by atoms with Crippen molar-refractivity contribution in [2.24, 2.45) is 17.2 Å². The average Bonchev–Trinajstić information content (AvgIpc) is 1.73. The maximum Gasteiger partial charge on any atom is 0.326 e. The van der Waals surface area contributed by atoms with Crippen molar-refractivity contribution < 1.29 is 96.8 Å². The van der Waals surface area contributed by atoms with Gasteiger partial charge < -0.3 is 104 Å². The monoisotopic (exact) mass is 1340 g/mol. The lowest BCUT2D eigenvalue weighted by Gasteiger charge is -2.31. The molecule has 15 amide bonds. The van der Waals surface area contributed by atoms with Crippen molar-refractivity contribution in [2.75, 3.05) is 85.1 Å². The molecule has 6 aliphatic heterocycles. The topological polar surface area (TPSA) is 545 Å². The molecule has 526 valence electrons. The van der Waals surface area contributed by atoms with Crippen LogP contribution in [0.3, 0.4) is 0 Å². The minimum absolute atomic E-state index is 0.0178. The molecular formula is C58H89N17O20. The molecule has 17 N–H and O–H groups in total. The first-order chi connectivity index (χ1) is 45.3. The van der Waals surface area contributed by atoms with Gasteiger partial charge in [-0.3, -0.25) is 76.7 Å². The number of nitrogens with zero attached hydrogens (tertiary/aromatic N) is 6. The van der Waals surface area contributed by atoms with E-state index in [9.17, 15) is 96.8 Å². The van der Waals surface area contributed by atoms with E-state index in [2.05, 4.69) is 42.5 Å². The van der Waals surface area contributed by atoms with Crippen LogP contribution in [0.1, 0.15) is 116 Å². The zero-order chi connectivity index (χ0) is 69.6. The number of carbonyl (C=O) groups is 17. The molecule has 6 saturated heterocycles. The highest BCUT2D eigenvalue weighted by Crippen LogP contribution is 2.27. The molecular weight excluding hydrogens is 1250 g/mol. The second-order valence-electron chi connectivity index (χ2n) is 24.2. The molecule has 0 spiro atoms. The van der Waals surface area contributed by atoms with Crippen molar-refractivity contribution in [3.63, 3.8) is 0 Å². The summed E-state index contributed by atoms with van der Waals surface area (Å²) in [5.41, 5.74) is 16.7. The van der Waals surface area contributed by atoms with Crippen LogP contribution in [0.5, 0.6) is 0 Å². The maximum atomic E-state index is 14.1. The van der Waals surface area contributed by atoms with E-state index in [1.165, 1.54) is 14.7 Å². The van der Waals surface area contributed by atoms with E-state index in [0.29, 0.717) is 51.5 Å². The molecule has 0 aromatic rings. The Labute approximate surface area is 546 Å². The molecule has 0 radical (unpaired) electrons. The van der Waals surface area contributed by atoms with Gasteiger partial charge in [-0.05, 0) is 109 Å². The third kappa shape index (κ3) is 20.4. The van der Waals surface area contributed by atoms with E-state index in [0.717, 1.165) is 14.7 Å². The van der Waals surface area contributed by atoms with Crippen molar-refractivity contribution >= 4 is 101 Å². The fourth-order valence-corrected chi connectivity index (χ4v) is 12.9. The summed E-state index contributed by atoms with van der Waals surface area (Å²) in [7, 11) is 0. The number of aliphatic carboxylic acids is 2. The largest absolute Gasteiger partial charge is 0.481 e. The number of aliphatic hydroxyl groups excluding tert-OH is 1. The minimum Gasteiger partial charge on any atom is -0.481 e. The van der Waals surface area contributed by atoms with Crippen LogP contribution in [0, 0.1) is 0 Å². The highest BCUT2D eigenvalue weighted by Gasteiger charge is 2.45. The molecule has 95 heavy (non-hydrogen) atoms. The maximum absolute atomic E-state index is 14.1. The number of nitrogens with two attached hydrogens (primary N) is 3. The van der Waals surface area contributed by atoms with Crippen LogP contribution in [0.25, 0.3) is 0 Å². The molecule has 6 aliphatic rings. The third-order valence-electron chi connectivity index (χ3n) is 17.6. The van der Waals surface area contributed by atoms with Gasteiger partial charge in [0.15, 0.2) is 0 Å². The van der Waals surface area contributed by atoms with Gasteiger partial charge >= 0.3 is 11.9 Å². The SMILES string of the molecule is NCCCC[C@H](NC(=O)CNC(=O)[C@@H]1CCCN1C(=O)[C@H](CC(N)=O)NC(=O)CNC(=O)[C@@H]1CCCN1C(=O)[C@H](CCC(=O)O)NC(=O)CNC(=O)[C@@H]1CCCN1C(=O)[C@@H]1CCCN1C(=O)CN)C(=O)N1CCC[C@H]1C(=O)NCC(=O)N[C@@H](CO)C(=O)N1CCC[C@H]1C(=O)O. The Morgan fingerprint density at radius 3 is 1.14 bits per heavy atom. The normalized spacial score (nSPS) is 22.0. The molecule has 0 bridgehead atoms. The first kappa shape index (κ1) is 74.9. The number of amides is 15. The Morgan fingerprint density at radius 1 is 0.411 bits per heavy atom. The molecule has 0 aromatic carbocycles. The first-order valence-corrected chi connectivity index (χ1v) is 32.1. The number of likely N-dealkylation sites (tertiary alicyclic amines) is 6. The predicted molar refractivity (Wildman–Crippen MR) is 326 cm³/mol. The second-order valence-corrected chi connectivity index (χ2v) is 24.2. The summed E-state index contributed by atoms with van der Waals surface area (Å²) in [4.78, 5) is 231. The number of nitrogens with one attached hydrogen (secondary N) is 8. The highest BCUT2D eigenvalue weighted by atomic mass is 16.4. The molecule has 6 heterocycles. The minimum atomic E-state index is -1.66. The number of rotatable bonds is 33. The number of primary amides is 1. The summed E-state index contributed by atoms with van der Waals surface area (Å²) in [6.07, 6.45) is 2.69. The Kier molecular flexibility index (Phi) is 28.3. The summed E-state index contributed by atoms with van der Waals surface area (Å²) in [6, 6.07) is -12.3. The van der Waals surface area contributed by atoms with Gasteiger partial charge in [-0.15, -0.1) is 0 Å². The van der Waals surface area contributed by atoms with Crippen molar-refractivity contribution in [3.05, 3.63) is 0 Å². The summed E-state index contributed by atoms with van der Waals surface area (Å²) >= 11 is 0. The molecule has 10 atom stereocenters. The standard InChI is InChI=1S/C58H89N17O20/c59-18-2-1-9-32(53(89)71-20-3-10-36(71)49(85)65-30-46(81)69-35(31-76)56(92)75-24-8-15-41(75)58(94)95)66-43(78)27-62-51(87)38-12-5-22-73(38)55(91)34(25-42(61)77)68-45(80)29-64-50(86)37-11-4-21-72(37)54(90)33(16-17-48(83)84)67-44(79)28-63-52(88)39-13-6-23-74(39)57(93)40-14-7-19-70(40)47(82)26-60/h32-41,76H,1-31,59-60H2,(H2,61,77)(H,62,87)(H,63,88)(H,64,86)(H,65,85)(H,66,78)(H,67,79)(H,68,80)(H,69,81)(H,83,84)(H,94,95)/t32-,33-,34-,35-,36-,37-,38-,39-,40-,41-/m0/s1. The lowest BCUT2D eigenvalue weighted by Crippen LogP contribution is -2.57. The molecule has 37 nitrogen and oxygen atoms in total. The Morgan fingerprint density at radius 2 is 0.747 bits per heavy atom. The van der Waals surface area contributed by atoms with Gasteiger partial charge in [-0.2, -0.15) is 0 Å². The van der Waals surface area contributed by atoms with E-state index in [1.54, 1.807) is 0 Å². The highest BCUT2D eigenvalue weighted by molar-refractivity contribution is 6.00. The third-order valence-corrected chi connectivity index (χ3v) is 17.6. The van der Waals surface area contributed by atoms with E-state index in [4.69, 9.17) is 17.2 Å². The fourth-order valence-electron chi connectivity index (χ4n) is 12.9. The summed E-state index contributed by atoms with van der Waals surface area (Å²) in [6.45, 7) is -3.00. The zero-order valence-corrected chi connectivity index (χ0v) is 52.9. The molecule has 0 saturated carbocycles. The summed E-state index contributed by atoms with van der Waals surface area (Å²) in [5.74, 6) is -14.3. The molecule has 37 heteroatoms. The van der Waals surface area contributed by atoms with Gasteiger partial charge in [0.2, 0.25) is 88.6 Å². The molecule has 0 aliphatic carbocycles. The van der Waals surface area contributed by atoms with Crippen LogP contribution in [0.15, 0.2) is 0 Å². The smallest absolute Gasteiger partial charge is 0.326 e. The van der Waals surface area contributed by atoms with E-state index < -0.39 is 213 Å². The van der Waals surface area contributed by atoms with E-state index in [-0.39, 0.29) is 97.2 Å². The Balaban J connectivity index is 0.978. The van der Waals surface area contributed by atoms with Gasteiger partial charge in [0.05, 0.1) is 45.8 Å². The lowest BCUT2D eigenvalue weighted by atomic mass is 10.1. The Bertz CT molecular complexity index is 2920. The van der Waals surface area contributed by atoms with Crippen molar-refractivity contribution in [3.8, 4) is 0 Å². The van der Waals surface area contributed by atoms with Crippen LogP contribution in [-0.4, -0.2) is 291 Å². The summed E-state index contributed by atoms with van der Waals surface area (Å²) < 4.78 is 0. The molecule has 6 rings (SSSR count). The van der Waals surface area contributed by atoms with Crippen LogP contribution in [0.2, 0.25) is 0 Å². The lowest BCUT2D eigenvalue weighted by molar-refractivity contribution is -0.149. The fraction of sp³-hybridized carbons (Fsp3) is 0.707. The number of hydrogen-bond donors (Lipinski definition) is 14. The number of carbonyl (C=O) groups excluding carboxylic acids is 15. The van der Waals surface area contributed by atoms with Gasteiger partial charge in [-0.1, -0.05) is 0 Å². The molecule has 0 aromatic heterocycles. The summed E-state index contributed by atoms with van der Waals surface area (Å²) in [5, 5.41) is 48.2. The second kappa shape index (κ2) is 35.9. The van der Waals surface area contributed by atoms with Crippen molar-refractivity contribution in [2.45, 2.75) is 176 Å². The van der Waals surface area contributed by atoms with Crippen LogP contribution >= 0.6 is 0 Å².